The largest absolute Gasteiger partial charge is 0.207 e. The van der Waals surface area contributed by atoms with Gasteiger partial charge in [-0.05, 0) is 29.5 Å². The molecule has 1 aromatic rings. The molecule has 0 nitrogen and oxygen atoms in total. The molecule has 0 saturated heterocycles. The Morgan fingerprint density at radius 1 is 1.23 bits per heavy atom. The van der Waals surface area contributed by atoms with E-state index in [1.54, 1.807) is 0 Å². The van der Waals surface area contributed by atoms with E-state index in [0.717, 1.165) is 10.0 Å². The Hall–Kier alpha value is -0.370. The molecule has 2 heteroatoms. The van der Waals surface area contributed by atoms with Crippen LogP contribution in [0.4, 0.5) is 4.39 Å². The van der Waals surface area contributed by atoms with Crippen molar-refractivity contribution < 1.29 is 4.39 Å². The summed E-state index contributed by atoms with van der Waals surface area (Å²) in [4.78, 5) is 0. The Bertz CT molecular complexity index is 294. The fraction of sp³-hybridized carbons (Fsp3) is 0.455. The van der Waals surface area contributed by atoms with Gasteiger partial charge in [-0.2, -0.15) is 0 Å². The molecule has 0 heterocycles. The zero-order valence-corrected chi connectivity index (χ0v) is 9.73. The Morgan fingerprint density at radius 2 is 1.85 bits per heavy atom. The number of hydrogen-bond acceptors (Lipinski definition) is 0. The molecule has 0 radical (unpaired) electrons. The molecular formula is C11H14BrF. The van der Waals surface area contributed by atoms with Crippen molar-refractivity contribution in [1.82, 2.24) is 0 Å². The molecule has 0 saturated carbocycles. The summed E-state index contributed by atoms with van der Waals surface area (Å²) in [5.74, 6) is 0.624. The van der Waals surface area contributed by atoms with E-state index < -0.39 is 0 Å². The maximum absolute atomic E-state index is 13.4. The Labute approximate surface area is 87.3 Å². The van der Waals surface area contributed by atoms with Crippen LogP contribution in [-0.4, -0.2) is 0 Å². The first-order chi connectivity index (χ1) is 6.02. The number of rotatable bonds is 2. The summed E-state index contributed by atoms with van der Waals surface area (Å²) >= 11 is 3.24. The summed E-state index contributed by atoms with van der Waals surface area (Å²) in [6.07, 6.45) is 0. The quantitative estimate of drug-likeness (QED) is 0.726. The van der Waals surface area contributed by atoms with Gasteiger partial charge in [-0.15, -0.1) is 0 Å². The third-order valence-corrected chi connectivity index (χ3v) is 2.95. The van der Waals surface area contributed by atoms with Crippen LogP contribution in [0.1, 0.15) is 32.3 Å². The number of halogens is 2. The van der Waals surface area contributed by atoms with Crippen molar-refractivity contribution in [3.63, 3.8) is 0 Å². The van der Waals surface area contributed by atoms with Gasteiger partial charge in [0.15, 0.2) is 0 Å². The summed E-state index contributed by atoms with van der Waals surface area (Å²) in [5.41, 5.74) is 0.804. The van der Waals surface area contributed by atoms with E-state index in [0.29, 0.717) is 5.92 Å². The second-order valence-electron chi connectivity index (χ2n) is 3.70. The van der Waals surface area contributed by atoms with E-state index in [4.69, 9.17) is 0 Å². The topological polar surface area (TPSA) is 0 Å². The molecule has 0 unspecified atom stereocenters. The SMILES string of the molecule is CC(C)[C@@H](C)c1ccc(Br)cc1F. The zero-order valence-electron chi connectivity index (χ0n) is 8.14. The van der Waals surface area contributed by atoms with Gasteiger partial charge in [0.05, 0.1) is 0 Å². The summed E-state index contributed by atoms with van der Waals surface area (Å²) in [5, 5.41) is 0. The van der Waals surface area contributed by atoms with E-state index in [1.165, 1.54) is 6.07 Å². The minimum absolute atomic E-state index is 0.115. The lowest BCUT2D eigenvalue weighted by Gasteiger charge is -2.16. The normalized spacial score (nSPS) is 13.4. The van der Waals surface area contributed by atoms with E-state index in [-0.39, 0.29) is 11.7 Å². The highest BCUT2D eigenvalue weighted by Crippen LogP contribution is 2.27. The summed E-state index contributed by atoms with van der Waals surface area (Å²) in [6.45, 7) is 6.26. The average molecular weight is 245 g/mol. The summed E-state index contributed by atoms with van der Waals surface area (Å²) in [7, 11) is 0. The predicted octanol–water partition coefficient (Wildman–Crippen LogP) is 4.35. The highest BCUT2D eigenvalue weighted by atomic mass is 79.9. The molecule has 0 aromatic heterocycles. The van der Waals surface area contributed by atoms with Crippen molar-refractivity contribution in [2.75, 3.05) is 0 Å². The number of benzene rings is 1. The second kappa shape index (κ2) is 4.23. The molecule has 1 atom stereocenters. The first-order valence-corrected chi connectivity index (χ1v) is 5.26. The fourth-order valence-electron chi connectivity index (χ4n) is 1.23. The molecule has 0 amide bonds. The van der Waals surface area contributed by atoms with Crippen LogP contribution in [0, 0.1) is 11.7 Å². The van der Waals surface area contributed by atoms with E-state index >= 15 is 0 Å². The molecule has 0 aliphatic heterocycles. The van der Waals surface area contributed by atoms with E-state index in [9.17, 15) is 4.39 Å². The highest BCUT2D eigenvalue weighted by molar-refractivity contribution is 9.10. The van der Waals surface area contributed by atoms with Crippen molar-refractivity contribution in [2.45, 2.75) is 26.7 Å². The number of hydrogen-bond donors (Lipinski definition) is 0. The van der Waals surface area contributed by atoms with Crippen molar-refractivity contribution in [3.05, 3.63) is 34.1 Å². The first kappa shape index (κ1) is 10.7. The third-order valence-electron chi connectivity index (χ3n) is 2.45. The average Bonchev–Trinajstić information content (AvgIpc) is 2.03. The molecule has 72 valence electrons. The Morgan fingerprint density at radius 3 is 2.31 bits per heavy atom. The monoisotopic (exact) mass is 244 g/mol. The van der Waals surface area contributed by atoms with Gasteiger partial charge in [0.1, 0.15) is 5.82 Å². The van der Waals surface area contributed by atoms with Crippen LogP contribution in [0.5, 0.6) is 0 Å². The lowest BCUT2D eigenvalue weighted by Crippen LogP contribution is -2.04. The molecule has 0 aliphatic rings. The first-order valence-electron chi connectivity index (χ1n) is 4.47. The summed E-state index contributed by atoms with van der Waals surface area (Å²) < 4.78 is 14.2. The van der Waals surface area contributed by atoms with Crippen molar-refractivity contribution in [1.29, 1.82) is 0 Å². The van der Waals surface area contributed by atoms with Gasteiger partial charge in [0, 0.05) is 4.47 Å². The molecule has 0 bridgehead atoms. The predicted molar refractivity (Wildman–Crippen MR) is 57.4 cm³/mol. The van der Waals surface area contributed by atoms with Gasteiger partial charge in [-0.3, -0.25) is 0 Å². The van der Waals surface area contributed by atoms with E-state index in [2.05, 4.69) is 36.7 Å². The van der Waals surface area contributed by atoms with Gasteiger partial charge in [-0.25, -0.2) is 4.39 Å². The molecule has 1 rings (SSSR count). The van der Waals surface area contributed by atoms with E-state index in [1.807, 2.05) is 12.1 Å². The van der Waals surface area contributed by atoms with Crippen LogP contribution in [0.25, 0.3) is 0 Å². The van der Waals surface area contributed by atoms with Crippen LogP contribution >= 0.6 is 15.9 Å². The van der Waals surface area contributed by atoms with Crippen LogP contribution in [0.3, 0.4) is 0 Å². The van der Waals surface area contributed by atoms with Gasteiger partial charge in [0.25, 0.3) is 0 Å². The van der Waals surface area contributed by atoms with Gasteiger partial charge in [0.2, 0.25) is 0 Å². The maximum atomic E-state index is 13.4. The van der Waals surface area contributed by atoms with Crippen molar-refractivity contribution in [2.24, 2.45) is 5.92 Å². The molecule has 13 heavy (non-hydrogen) atoms. The minimum atomic E-state index is -0.115. The van der Waals surface area contributed by atoms with Crippen LogP contribution in [0.2, 0.25) is 0 Å². The van der Waals surface area contributed by atoms with Crippen LogP contribution in [-0.2, 0) is 0 Å². The van der Waals surface area contributed by atoms with Crippen molar-refractivity contribution >= 4 is 15.9 Å². The Kier molecular flexibility index (Phi) is 3.48. The van der Waals surface area contributed by atoms with Gasteiger partial charge in [-0.1, -0.05) is 42.8 Å². The molecule has 0 fully saturated rings. The molecule has 1 aromatic carbocycles. The second-order valence-corrected chi connectivity index (χ2v) is 4.61. The lowest BCUT2D eigenvalue weighted by atomic mass is 9.90. The fourth-order valence-corrected chi connectivity index (χ4v) is 1.56. The minimum Gasteiger partial charge on any atom is -0.207 e. The summed E-state index contributed by atoms with van der Waals surface area (Å²) in [6, 6.07) is 5.26. The van der Waals surface area contributed by atoms with Gasteiger partial charge >= 0.3 is 0 Å². The molecule has 0 spiro atoms. The maximum Gasteiger partial charge on any atom is 0.127 e. The smallest absolute Gasteiger partial charge is 0.127 e. The highest BCUT2D eigenvalue weighted by Gasteiger charge is 2.13. The molecular weight excluding hydrogens is 231 g/mol. The van der Waals surface area contributed by atoms with Crippen molar-refractivity contribution in [3.8, 4) is 0 Å². The third kappa shape index (κ3) is 2.53. The van der Waals surface area contributed by atoms with Crippen LogP contribution in [0.15, 0.2) is 22.7 Å². The van der Waals surface area contributed by atoms with Gasteiger partial charge < -0.3 is 0 Å². The zero-order chi connectivity index (χ0) is 10.0. The standard InChI is InChI=1S/C11H14BrF/c1-7(2)8(3)10-5-4-9(12)6-11(10)13/h4-8H,1-3H3/t8-/m1/s1. The lowest BCUT2D eigenvalue weighted by molar-refractivity contribution is 0.501. The molecule has 0 N–H and O–H groups in total. The molecule has 0 aliphatic carbocycles. The van der Waals surface area contributed by atoms with Crippen LogP contribution < -0.4 is 0 Å². The Balaban J connectivity index is 3.01.